The molecule has 21 heavy (non-hydrogen) atoms. The number of hydrogen-bond acceptors (Lipinski definition) is 4. The van der Waals surface area contributed by atoms with E-state index in [4.69, 9.17) is 11.6 Å². The monoisotopic (exact) mass is 335 g/mol. The van der Waals surface area contributed by atoms with E-state index in [0.29, 0.717) is 5.02 Å². The van der Waals surface area contributed by atoms with Gasteiger partial charge in [0.25, 0.3) is 0 Å². The fourth-order valence-corrected chi connectivity index (χ4v) is 3.25. The maximum Gasteiger partial charge on any atom is 0.240 e. The van der Waals surface area contributed by atoms with E-state index < -0.39 is 34.2 Å². The van der Waals surface area contributed by atoms with Gasteiger partial charge in [0, 0.05) is 11.1 Å². The van der Waals surface area contributed by atoms with Crippen LogP contribution in [0.4, 0.5) is 0 Å². The Morgan fingerprint density at radius 1 is 1.33 bits per heavy atom. The van der Waals surface area contributed by atoms with Crippen molar-refractivity contribution in [3.05, 3.63) is 29.3 Å². The second-order valence-electron chi connectivity index (χ2n) is 6.08. The lowest BCUT2D eigenvalue weighted by Gasteiger charge is -2.29. The van der Waals surface area contributed by atoms with E-state index in [1.807, 2.05) is 20.8 Å². The van der Waals surface area contributed by atoms with Gasteiger partial charge in [-0.2, -0.15) is 0 Å². The predicted molar refractivity (Wildman–Crippen MR) is 82.7 cm³/mol. The van der Waals surface area contributed by atoms with Crippen molar-refractivity contribution in [3.8, 4) is 0 Å². The molecular weight excluding hydrogens is 314 g/mol. The third kappa shape index (κ3) is 5.56. The molecule has 0 spiro atoms. The standard InChI is InChI=1S/C14H22ClNO4S/c1-14(2,3)13(18)8-11(9-17)16-21(19,20)12-6-4-5-10(15)7-12/h4-7,11,13,16-18H,8-9H2,1-3H3/t11-,13-/m0/s1. The first-order valence-electron chi connectivity index (χ1n) is 6.63. The summed E-state index contributed by atoms with van der Waals surface area (Å²) in [6.45, 7) is 5.14. The number of rotatable bonds is 6. The molecule has 1 aromatic rings. The van der Waals surface area contributed by atoms with Crippen LogP contribution in [0.2, 0.25) is 5.02 Å². The summed E-state index contributed by atoms with van der Waals surface area (Å²) in [4.78, 5) is 0.0266. The lowest BCUT2D eigenvalue weighted by Crippen LogP contribution is -2.42. The van der Waals surface area contributed by atoms with E-state index in [-0.39, 0.29) is 11.3 Å². The Bertz CT molecular complexity index is 569. The lowest BCUT2D eigenvalue weighted by molar-refractivity contribution is 0.0420. The highest BCUT2D eigenvalue weighted by atomic mass is 35.5. The number of hydrogen-bond donors (Lipinski definition) is 3. The maximum atomic E-state index is 12.2. The molecule has 1 aromatic carbocycles. The van der Waals surface area contributed by atoms with Crippen molar-refractivity contribution in [2.75, 3.05) is 6.61 Å². The van der Waals surface area contributed by atoms with Gasteiger partial charge < -0.3 is 10.2 Å². The van der Waals surface area contributed by atoms with Crippen LogP contribution in [0.15, 0.2) is 29.2 Å². The minimum atomic E-state index is -3.79. The number of sulfonamides is 1. The zero-order valence-electron chi connectivity index (χ0n) is 12.4. The van der Waals surface area contributed by atoms with Gasteiger partial charge in [0.05, 0.1) is 17.6 Å². The number of nitrogens with one attached hydrogen (secondary N) is 1. The summed E-state index contributed by atoms with van der Waals surface area (Å²) in [6.07, 6.45) is -0.614. The molecule has 0 aliphatic rings. The second-order valence-corrected chi connectivity index (χ2v) is 8.23. The first-order chi connectivity index (χ1) is 9.56. The van der Waals surface area contributed by atoms with Gasteiger partial charge in [-0.3, -0.25) is 0 Å². The van der Waals surface area contributed by atoms with Crippen molar-refractivity contribution in [1.82, 2.24) is 4.72 Å². The van der Waals surface area contributed by atoms with Crippen molar-refractivity contribution in [3.63, 3.8) is 0 Å². The quantitative estimate of drug-likeness (QED) is 0.739. The van der Waals surface area contributed by atoms with E-state index in [2.05, 4.69) is 4.72 Å². The zero-order chi connectivity index (χ0) is 16.3. The fourth-order valence-electron chi connectivity index (χ4n) is 1.70. The summed E-state index contributed by atoms with van der Waals surface area (Å²) in [5, 5.41) is 19.7. The molecule has 3 N–H and O–H groups in total. The number of halogens is 1. The molecule has 0 amide bonds. The van der Waals surface area contributed by atoms with Crippen molar-refractivity contribution in [2.24, 2.45) is 5.41 Å². The highest BCUT2D eigenvalue weighted by Crippen LogP contribution is 2.23. The predicted octanol–water partition coefficient (Wildman–Crippen LogP) is 1.78. The molecule has 5 nitrogen and oxygen atoms in total. The van der Waals surface area contributed by atoms with Crippen LogP contribution in [0.3, 0.4) is 0 Å². The van der Waals surface area contributed by atoms with Gasteiger partial charge in [-0.05, 0) is 30.0 Å². The summed E-state index contributed by atoms with van der Waals surface area (Å²) in [5.74, 6) is 0. The minimum Gasteiger partial charge on any atom is -0.395 e. The highest BCUT2D eigenvalue weighted by Gasteiger charge is 2.28. The van der Waals surface area contributed by atoms with Crippen LogP contribution in [-0.2, 0) is 10.0 Å². The van der Waals surface area contributed by atoms with Crippen molar-refractivity contribution in [1.29, 1.82) is 0 Å². The molecule has 0 radical (unpaired) electrons. The molecule has 120 valence electrons. The normalized spacial score (nSPS) is 15.7. The molecular formula is C14H22ClNO4S. The van der Waals surface area contributed by atoms with Crippen LogP contribution >= 0.6 is 11.6 Å². The summed E-state index contributed by atoms with van der Waals surface area (Å²) < 4.78 is 26.8. The lowest BCUT2D eigenvalue weighted by atomic mass is 9.86. The Hall–Kier alpha value is -0.660. The van der Waals surface area contributed by atoms with E-state index in [1.54, 1.807) is 6.07 Å². The summed E-state index contributed by atoms with van der Waals surface area (Å²) in [7, 11) is -3.79. The van der Waals surface area contributed by atoms with Gasteiger partial charge in [-0.15, -0.1) is 0 Å². The third-order valence-electron chi connectivity index (χ3n) is 3.16. The molecule has 0 aromatic heterocycles. The number of benzene rings is 1. The Balaban J connectivity index is 2.86. The van der Waals surface area contributed by atoms with Crippen LogP contribution in [-0.4, -0.2) is 37.4 Å². The first kappa shape index (κ1) is 18.4. The van der Waals surface area contributed by atoms with Crippen molar-refractivity contribution >= 4 is 21.6 Å². The molecule has 1 rings (SSSR count). The third-order valence-corrected chi connectivity index (χ3v) is 4.91. The maximum absolute atomic E-state index is 12.2. The first-order valence-corrected chi connectivity index (χ1v) is 8.49. The molecule has 0 fully saturated rings. The van der Waals surface area contributed by atoms with Crippen molar-refractivity contribution < 1.29 is 18.6 Å². The smallest absolute Gasteiger partial charge is 0.240 e. The van der Waals surface area contributed by atoms with E-state index in [9.17, 15) is 18.6 Å². The highest BCUT2D eigenvalue weighted by molar-refractivity contribution is 7.89. The molecule has 0 aliphatic carbocycles. The van der Waals surface area contributed by atoms with Crippen LogP contribution in [0.5, 0.6) is 0 Å². The van der Waals surface area contributed by atoms with Crippen molar-refractivity contribution in [2.45, 2.75) is 44.2 Å². The Labute approximate surface area is 131 Å². The zero-order valence-corrected chi connectivity index (χ0v) is 13.9. The van der Waals surface area contributed by atoms with Gasteiger partial charge >= 0.3 is 0 Å². The number of aliphatic hydroxyl groups excluding tert-OH is 2. The average Bonchev–Trinajstić information content (AvgIpc) is 2.36. The van der Waals surface area contributed by atoms with Crippen LogP contribution in [0.25, 0.3) is 0 Å². The Morgan fingerprint density at radius 3 is 2.43 bits per heavy atom. The summed E-state index contributed by atoms with van der Waals surface area (Å²) >= 11 is 5.78. The van der Waals surface area contributed by atoms with E-state index in [0.717, 1.165) is 0 Å². The molecule has 0 heterocycles. The second kappa shape index (κ2) is 7.07. The van der Waals surface area contributed by atoms with Crippen LogP contribution in [0.1, 0.15) is 27.2 Å². The molecule has 2 atom stereocenters. The SMILES string of the molecule is CC(C)(C)[C@@H](O)C[C@@H](CO)NS(=O)(=O)c1cccc(Cl)c1. The average molecular weight is 336 g/mol. The molecule has 0 saturated carbocycles. The van der Waals surface area contributed by atoms with Gasteiger partial charge in [-0.1, -0.05) is 38.4 Å². The molecule has 0 aliphatic heterocycles. The van der Waals surface area contributed by atoms with Gasteiger partial charge in [0.2, 0.25) is 10.0 Å². The fraction of sp³-hybridized carbons (Fsp3) is 0.571. The molecule has 7 heteroatoms. The summed E-state index contributed by atoms with van der Waals surface area (Å²) in [5.41, 5.74) is -0.394. The van der Waals surface area contributed by atoms with Gasteiger partial charge in [0.1, 0.15) is 0 Å². The largest absolute Gasteiger partial charge is 0.395 e. The topological polar surface area (TPSA) is 86.6 Å². The Morgan fingerprint density at radius 2 is 1.95 bits per heavy atom. The Kier molecular flexibility index (Phi) is 6.19. The molecule has 0 bridgehead atoms. The van der Waals surface area contributed by atoms with E-state index >= 15 is 0 Å². The number of aliphatic hydroxyl groups is 2. The summed E-state index contributed by atoms with van der Waals surface area (Å²) in [6, 6.07) is 5.10. The van der Waals surface area contributed by atoms with Crippen LogP contribution in [0, 0.1) is 5.41 Å². The van der Waals surface area contributed by atoms with Gasteiger partial charge in [0.15, 0.2) is 0 Å². The molecule has 0 saturated heterocycles. The minimum absolute atomic E-state index is 0.0266. The van der Waals surface area contributed by atoms with E-state index in [1.165, 1.54) is 18.2 Å². The van der Waals surface area contributed by atoms with Crippen LogP contribution < -0.4 is 4.72 Å². The molecule has 0 unspecified atom stereocenters. The van der Waals surface area contributed by atoms with Gasteiger partial charge in [-0.25, -0.2) is 13.1 Å².